The summed E-state index contributed by atoms with van der Waals surface area (Å²) in [5, 5.41) is 16.2. The van der Waals surface area contributed by atoms with Crippen LogP contribution in [0.2, 0.25) is 0 Å². The Balaban J connectivity index is 1.41. The van der Waals surface area contributed by atoms with Gasteiger partial charge in [-0.15, -0.1) is 11.8 Å². The number of anilines is 1. The maximum atomic E-state index is 11.6. The van der Waals surface area contributed by atoms with Crippen LogP contribution < -0.4 is 10.6 Å². The highest BCUT2D eigenvalue weighted by Crippen LogP contribution is 2.45. The van der Waals surface area contributed by atoms with Crippen molar-refractivity contribution in [1.29, 1.82) is 0 Å². The van der Waals surface area contributed by atoms with Gasteiger partial charge >= 0.3 is 5.97 Å². The SMILES string of the molecule is O=C(O)C1C(CCCNC(=S)Nc2ccccc2)S[C@@H]2CC(=O)N12. The summed E-state index contributed by atoms with van der Waals surface area (Å²) in [6.07, 6.45) is 2.00. The average molecular weight is 365 g/mol. The van der Waals surface area contributed by atoms with Crippen LogP contribution in [0.4, 0.5) is 5.69 Å². The van der Waals surface area contributed by atoms with Gasteiger partial charge in [-0.05, 0) is 37.2 Å². The first kappa shape index (κ1) is 17.0. The predicted octanol–water partition coefficient (Wildman–Crippen LogP) is 1.88. The smallest absolute Gasteiger partial charge is 0.327 e. The fraction of sp³-hybridized carbons (Fsp3) is 0.438. The molecular formula is C16H19N3O3S2. The summed E-state index contributed by atoms with van der Waals surface area (Å²) in [5.74, 6) is -0.953. The van der Waals surface area contributed by atoms with Crippen molar-refractivity contribution in [3.8, 4) is 0 Å². The van der Waals surface area contributed by atoms with E-state index in [4.69, 9.17) is 12.2 Å². The van der Waals surface area contributed by atoms with Gasteiger partial charge in [0.15, 0.2) is 5.11 Å². The number of carboxylic acid groups (broad SMARTS) is 1. The number of carboxylic acids is 1. The van der Waals surface area contributed by atoms with Gasteiger partial charge in [-0.1, -0.05) is 18.2 Å². The Morgan fingerprint density at radius 1 is 1.38 bits per heavy atom. The van der Waals surface area contributed by atoms with Crippen molar-refractivity contribution in [2.45, 2.75) is 35.9 Å². The van der Waals surface area contributed by atoms with Crippen molar-refractivity contribution in [2.75, 3.05) is 11.9 Å². The number of thioether (sulfide) groups is 1. The van der Waals surface area contributed by atoms with Crippen LogP contribution in [-0.2, 0) is 9.59 Å². The topological polar surface area (TPSA) is 81.7 Å². The number of carbonyl (C=O) groups is 2. The maximum absolute atomic E-state index is 11.6. The van der Waals surface area contributed by atoms with Gasteiger partial charge in [-0.2, -0.15) is 0 Å². The third kappa shape index (κ3) is 3.64. The van der Waals surface area contributed by atoms with E-state index in [1.165, 1.54) is 4.90 Å². The minimum Gasteiger partial charge on any atom is -0.480 e. The number of β-lactam (4-membered cyclic amide) rings is 1. The lowest BCUT2D eigenvalue weighted by Crippen LogP contribution is -2.55. The number of aliphatic carboxylic acids is 1. The van der Waals surface area contributed by atoms with Gasteiger partial charge < -0.3 is 20.6 Å². The maximum Gasteiger partial charge on any atom is 0.327 e. The second-order valence-corrected chi connectivity index (χ2v) is 7.64. The van der Waals surface area contributed by atoms with Crippen molar-refractivity contribution in [3.63, 3.8) is 0 Å². The van der Waals surface area contributed by atoms with Crippen LogP contribution in [-0.4, -0.2) is 50.2 Å². The van der Waals surface area contributed by atoms with Crippen LogP contribution in [0.15, 0.2) is 30.3 Å². The molecule has 1 aromatic carbocycles. The summed E-state index contributed by atoms with van der Waals surface area (Å²) in [6.45, 7) is 0.667. The Morgan fingerprint density at radius 2 is 2.12 bits per heavy atom. The molecule has 128 valence electrons. The summed E-state index contributed by atoms with van der Waals surface area (Å²) in [4.78, 5) is 24.5. The van der Waals surface area contributed by atoms with E-state index >= 15 is 0 Å². The highest BCUT2D eigenvalue weighted by Gasteiger charge is 2.54. The number of thiocarbonyl (C=S) groups is 1. The fourth-order valence-electron chi connectivity index (χ4n) is 3.01. The Hall–Kier alpha value is -1.80. The lowest BCUT2D eigenvalue weighted by molar-refractivity contribution is -0.156. The number of hydrogen-bond acceptors (Lipinski definition) is 4. The monoisotopic (exact) mass is 365 g/mol. The molecule has 2 aliphatic heterocycles. The molecule has 0 spiro atoms. The van der Waals surface area contributed by atoms with E-state index in [9.17, 15) is 14.7 Å². The molecule has 2 saturated heterocycles. The van der Waals surface area contributed by atoms with Crippen molar-refractivity contribution in [1.82, 2.24) is 10.2 Å². The van der Waals surface area contributed by atoms with E-state index in [2.05, 4.69) is 10.6 Å². The van der Waals surface area contributed by atoms with Gasteiger partial charge in [0.1, 0.15) is 6.04 Å². The van der Waals surface area contributed by atoms with Gasteiger partial charge in [0.2, 0.25) is 5.91 Å². The van der Waals surface area contributed by atoms with E-state index in [0.717, 1.165) is 18.5 Å². The van der Waals surface area contributed by atoms with Crippen LogP contribution in [0.25, 0.3) is 0 Å². The zero-order valence-electron chi connectivity index (χ0n) is 13.0. The molecule has 3 rings (SSSR count). The van der Waals surface area contributed by atoms with Gasteiger partial charge in [0.05, 0.1) is 11.8 Å². The fourth-order valence-corrected chi connectivity index (χ4v) is 4.95. The number of benzene rings is 1. The summed E-state index contributed by atoms with van der Waals surface area (Å²) in [6, 6.07) is 8.98. The molecule has 0 aliphatic carbocycles. The van der Waals surface area contributed by atoms with E-state index in [-0.39, 0.29) is 16.5 Å². The molecule has 1 amide bonds. The summed E-state index contributed by atoms with van der Waals surface area (Å²) < 4.78 is 0. The average Bonchev–Trinajstić information content (AvgIpc) is 2.85. The van der Waals surface area contributed by atoms with Crippen LogP contribution in [0.3, 0.4) is 0 Å². The zero-order chi connectivity index (χ0) is 17.1. The Labute approximate surface area is 150 Å². The minimum absolute atomic E-state index is 0.0450. The molecular weight excluding hydrogens is 346 g/mol. The Kier molecular flexibility index (Phi) is 5.25. The Bertz CT molecular complexity index is 641. The molecule has 24 heavy (non-hydrogen) atoms. The second-order valence-electron chi connectivity index (χ2n) is 5.81. The molecule has 2 unspecified atom stereocenters. The Morgan fingerprint density at radius 3 is 2.79 bits per heavy atom. The first-order valence-corrected chi connectivity index (χ1v) is 9.20. The number of amides is 1. The first-order valence-electron chi connectivity index (χ1n) is 7.85. The van der Waals surface area contributed by atoms with Crippen molar-refractivity contribution in [3.05, 3.63) is 30.3 Å². The first-order chi connectivity index (χ1) is 11.6. The summed E-state index contributed by atoms with van der Waals surface area (Å²) in [5.41, 5.74) is 0.926. The number of hydrogen-bond donors (Lipinski definition) is 3. The normalized spacial score (nSPS) is 24.9. The lowest BCUT2D eigenvalue weighted by atomic mass is 10.0. The quantitative estimate of drug-likeness (QED) is 0.403. The largest absolute Gasteiger partial charge is 0.480 e. The van der Waals surface area contributed by atoms with Gasteiger partial charge in [-0.25, -0.2) is 4.79 Å². The van der Waals surface area contributed by atoms with E-state index in [0.29, 0.717) is 18.1 Å². The molecule has 8 heteroatoms. The molecule has 3 atom stereocenters. The van der Waals surface area contributed by atoms with E-state index < -0.39 is 12.0 Å². The molecule has 2 heterocycles. The second kappa shape index (κ2) is 7.40. The van der Waals surface area contributed by atoms with Crippen molar-refractivity contribution in [2.24, 2.45) is 0 Å². The minimum atomic E-state index is -0.905. The molecule has 3 N–H and O–H groups in total. The molecule has 0 bridgehead atoms. The van der Waals surface area contributed by atoms with E-state index in [1.807, 2.05) is 30.3 Å². The molecule has 2 aliphatic rings. The number of rotatable bonds is 6. The molecule has 1 aromatic rings. The van der Waals surface area contributed by atoms with Crippen molar-refractivity contribution >= 4 is 46.7 Å². The highest BCUT2D eigenvalue weighted by molar-refractivity contribution is 8.01. The molecule has 6 nitrogen and oxygen atoms in total. The molecule has 0 aromatic heterocycles. The number of fused-ring (bicyclic) bond motifs is 1. The van der Waals surface area contributed by atoms with Crippen molar-refractivity contribution < 1.29 is 14.7 Å². The molecule has 0 radical (unpaired) electrons. The van der Waals surface area contributed by atoms with E-state index in [1.54, 1.807) is 11.8 Å². The highest BCUT2D eigenvalue weighted by atomic mass is 32.2. The standard InChI is InChI=1S/C16H19N3O3S2/c20-12-9-13-19(12)14(15(21)22)11(24-13)7-4-8-17-16(23)18-10-5-2-1-3-6-10/h1-3,5-6,11,13-14H,4,7-9H2,(H,21,22)(H2,17,18,23)/t11?,13-,14?/m1/s1. The van der Waals surface area contributed by atoms with Crippen LogP contribution >= 0.6 is 24.0 Å². The number of carbonyl (C=O) groups excluding carboxylic acids is 1. The third-order valence-electron chi connectivity index (χ3n) is 4.17. The summed E-state index contributed by atoms with van der Waals surface area (Å²) >= 11 is 6.85. The number of para-hydroxylation sites is 1. The third-order valence-corrected chi connectivity index (χ3v) is 5.96. The number of nitrogens with one attached hydrogen (secondary N) is 2. The van der Waals surface area contributed by atoms with Crippen LogP contribution in [0, 0.1) is 0 Å². The van der Waals surface area contributed by atoms with Gasteiger partial charge in [-0.3, -0.25) is 4.79 Å². The molecule has 2 fully saturated rings. The van der Waals surface area contributed by atoms with Crippen LogP contribution in [0.5, 0.6) is 0 Å². The molecule has 0 saturated carbocycles. The van der Waals surface area contributed by atoms with Crippen LogP contribution in [0.1, 0.15) is 19.3 Å². The number of nitrogens with zero attached hydrogens (tertiary/aromatic N) is 1. The van der Waals surface area contributed by atoms with Gasteiger partial charge in [0, 0.05) is 17.5 Å². The zero-order valence-corrected chi connectivity index (χ0v) is 14.6. The van der Waals surface area contributed by atoms with Gasteiger partial charge in [0.25, 0.3) is 0 Å². The summed E-state index contributed by atoms with van der Waals surface area (Å²) in [7, 11) is 0. The lowest BCUT2D eigenvalue weighted by Gasteiger charge is -2.35. The predicted molar refractivity (Wildman–Crippen MR) is 98.0 cm³/mol.